The van der Waals surface area contributed by atoms with Crippen LogP contribution in [0.1, 0.15) is 5.56 Å². The number of nitrogens with one attached hydrogen (secondary N) is 2. The van der Waals surface area contributed by atoms with Gasteiger partial charge in [0.1, 0.15) is 17.6 Å². The Morgan fingerprint density at radius 2 is 1.79 bits per heavy atom. The summed E-state index contributed by atoms with van der Waals surface area (Å²) >= 11 is 0. The Labute approximate surface area is 137 Å². The van der Waals surface area contributed by atoms with E-state index in [9.17, 15) is 14.0 Å². The molecule has 0 saturated carbocycles. The van der Waals surface area contributed by atoms with Crippen LogP contribution in [0, 0.1) is 17.1 Å². The van der Waals surface area contributed by atoms with Crippen LogP contribution in [0.3, 0.4) is 0 Å². The summed E-state index contributed by atoms with van der Waals surface area (Å²) in [6, 6.07) is 13.7. The van der Waals surface area contributed by atoms with Crippen molar-refractivity contribution >= 4 is 17.5 Å². The van der Waals surface area contributed by atoms with Crippen LogP contribution in [0.15, 0.2) is 48.5 Å². The molecule has 0 bridgehead atoms. The third-order valence-corrected chi connectivity index (χ3v) is 2.94. The fourth-order valence-electron chi connectivity index (χ4n) is 1.80. The van der Waals surface area contributed by atoms with Gasteiger partial charge in [0, 0.05) is 5.69 Å². The van der Waals surface area contributed by atoms with E-state index in [-0.39, 0.29) is 13.2 Å². The van der Waals surface area contributed by atoms with E-state index in [1.807, 2.05) is 6.07 Å². The lowest BCUT2D eigenvalue weighted by atomic mass is 10.2. The predicted molar refractivity (Wildman–Crippen MR) is 84.7 cm³/mol. The zero-order valence-corrected chi connectivity index (χ0v) is 12.6. The minimum Gasteiger partial charge on any atom is -0.482 e. The molecule has 7 heteroatoms. The van der Waals surface area contributed by atoms with Gasteiger partial charge in [0.25, 0.3) is 5.91 Å². The summed E-state index contributed by atoms with van der Waals surface area (Å²) in [5.41, 5.74) is 0.745. The first-order chi connectivity index (χ1) is 11.6. The molecule has 0 atom stereocenters. The molecule has 0 unspecified atom stereocenters. The average Bonchev–Trinajstić information content (AvgIpc) is 2.60. The minimum atomic E-state index is -0.503. The molecule has 24 heavy (non-hydrogen) atoms. The van der Waals surface area contributed by atoms with E-state index in [4.69, 9.17) is 10.00 Å². The third-order valence-electron chi connectivity index (χ3n) is 2.94. The molecule has 2 rings (SSSR count). The largest absolute Gasteiger partial charge is 0.482 e. The van der Waals surface area contributed by atoms with Gasteiger partial charge in [0.05, 0.1) is 12.1 Å². The van der Waals surface area contributed by atoms with Gasteiger partial charge in [-0.25, -0.2) is 4.39 Å². The Morgan fingerprint density at radius 1 is 1.08 bits per heavy atom. The summed E-state index contributed by atoms with van der Waals surface area (Å²) in [4.78, 5) is 23.3. The van der Waals surface area contributed by atoms with E-state index in [1.54, 1.807) is 24.3 Å². The number of ether oxygens (including phenoxy) is 1. The van der Waals surface area contributed by atoms with E-state index < -0.39 is 17.6 Å². The highest BCUT2D eigenvalue weighted by molar-refractivity contribution is 5.94. The maximum absolute atomic E-state index is 12.8. The number of hydrogen-bond donors (Lipinski definition) is 2. The van der Waals surface area contributed by atoms with Crippen LogP contribution < -0.4 is 15.4 Å². The number of halogens is 1. The summed E-state index contributed by atoms with van der Waals surface area (Å²) in [7, 11) is 0. The topological polar surface area (TPSA) is 91.2 Å². The highest BCUT2D eigenvalue weighted by Crippen LogP contribution is 2.16. The molecule has 0 saturated heterocycles. The van der Waals surface area contributed by atoms with Gasteiger partial charge in [-0.3, -0.25) is 9.59 Å². The molecule has 0 aliphatic rings. The van der Waals surface area contributed by atoms with Crippen LogP contribution in [0.4, 0.5) is 10.1 Å². The second-order valence-corrected chi connectivity index (χ2v) is 4.73. The monoisotopic (exact) mass is 327 g/mol. The molecule has 0 heterocycles. The van der Waals surface area contributed by atoms with Crippen molar-refractivity contribution in [3.05, 3.63) is 59.9 Å². The molecule has 0 aliphatic heterocycles. The smallest absolute Gasteiger partial charge is 0.258 e. The van der Waals surface area contributed by atoms with Crippen molar-refractivity contribution in [3.63, 3.8) is 0 Å². The van der Waals surface area contributed by atoms with Crippen molar-refractivity contribution in [2.24, 2.45) is 0 Å². The average molecular weight is 327 g/mol. The first kappa shape index (κ1) is 17.0. The number of nitriles is 1. The van der Waals surface area contributed by atoms with Crippen molar-refractivity contribution < 1.29 is 18.7 Å². The van der Waals surface area contributed by atoms with Crippen LogP contribution in [-0.4, -0.2) is 25.0 Å². The van der Waals surface area contributed by atoms with Crippen molar-refractivity contribution in [2.45, 2.75) is 0 Å². The molecule has 0 aromatic heterocycles. The molecule has 2 N–H and O–H groups in total. The quantitative estimate of drug-likeness (QED) is 0.847. The lowest BCUT2D eigenvalue weighted by Crippen LogP contribution is -2.35. The summed E-state index contributed by atoms with van der Waals surface area (Å²) < 4.78 is 18.0. The highest BCUT2D eigenvalue weighted by Gasteiger charge is 2.08. The summed E-state index contributed by atoms with van der Waals surface area (Å²) in [5, 5.41) is 13.8. The van der Waals surface area contributed by atoms with E-state index in [1.165, 1.54) is 24.3 Å². The number of para-hydroxylation sites is 1. The van der Waals surface area contributed by atoms with Gasteiger partial charge in [-0.2, -0.15) is 5.26 Å². The highest BCUT2D eigenvalue weighted by atomic mass is 19.1. The van der Waals surface area contributed by atoms with Crippen LogP contribution in [-0.2, 0) is 9.59 Å². The fourth-order valence-corrected chi connectivity index (χ4v) is 1.80. The van der Waals surface area contributed by atoms with E-state index in [0.717, 1.165) is 0 Å². The maximum atomic E-state index is 12.8. The Hall–Kier alpha value is -3.40. The molecule has 2 aromatic carbocycles. The molecular formula is C17H14FN3O3. The van der Waals surface area contributed by atoms with E-state index in [0.29, 0.717) is 17.0 Å². The number of carbonyl (C=O) groups is 2. The Kier molecular flexibility index (Phi) is 5.86. The van der Waals surface area contributed by atoms with Gasteiger partial charge in [0.15, 0.2) is 6.61 Å². The zero-order chi connectivity index (χ0) is 17.4. The normalized spacial score (nSPS) is 9.67. The standard InChI is InChI=1S/C17H14FN3O3/c18-13-5-7-14(8-6-13)21-16(22)10-20-17(23)11-24-15-4-2-1-3-12(15)9-19/h1-8H,10-11H2,(H,20,23)(H,21,22). The summed E-state index contributed by atoms with van der Waals surface area (Å²) in [5.74, 6) is -1.06. The molecule has 0 aliphatic carbocycles. The van der Waals surface area contributed by atoms with Crippen molar-refractivity contribution in [3.8, 4) is 11.8 Å². The first-order valence-corrected chi connectivity index (χ1v) is 7.02. The predicted octanol–water partition coefficient (Wildman–Crippen LogP) is 1.83. The van der Waals surface area contributed by atoms with Crippen LogP contribution >= 0.6 is 0 Å². The van der Waals surface area contributed by atoms with Gasteiger partial charge < -0.3 is 15.4 Å². The van der Waals surface area contributed by atoms with Gasteiger partial charge in [0.2, 0.25) is 5.91 Å². The second kappa shape index (κ2) is 8.29. The number of benzene rings is 2. The summed E-state index contributed by atoms with van der Waals surface area (Å²) in [6.07, 6.45) is 0. The van der Waals surface area contributed by atoms with Crippen molar-refractivity contribution in [1.29, 1.82) is 5.26 Å². The second-order valence-electron chi connectivity index (χ2n) is 4.73. The molecule has 0 fully saturated rings. The molecule has 0 spiro atoms. The van der Waals surface area contributed by atoms with Crippen molar-refractivity contribution in [2.75, 3.05) is 18.5 Å². The molecule has 2 aromatic rings. The lowest BCUT2D eigenvalue weighted by molar-refractivity contribution is -0.125. The number of hydrogen-bond acceptors (Lipinski definition) is 4. The molecular weight excluding hydrogens is 313 g/mol. The molecule has 6 nitrogen and oxygen atoms in total. The van der Waals surface area contributed by atoms with Gasteiger partial charge in [-0.15, -0.1) is 0 Å². The zero-order valence-electron chi connectivity index (χ0n) is 12.6. The van der Waals surface area contributed by atoms with Crippen LogP contribution in [0.2, 0.25) is 0 Å². The Morgan fingerprint density at radius 3 is 2.50 bits per heavy atom. The molecule has 2 amide bonds. The molecule has 0 radical (unpaired) electrons. The number of anilines is 1. The Balaban J connectivity index is 1.75. The van der Waals surface area contributed by atoms with Crippen LogP contribution in [0.5, 0.6) is 5.75 Å². The van der Waals surface area contributed by atoms with Gasteiger partial charge in [-0.05, 0) is 36.4 Å². The SMILES string of the molecule is N#Cc1ccccc1OCC(=O)NCC(=O)Nc1ccc(F)cc1. The number of nitrogens with zero attached hydrogens (tertiary/aromatic N) is 1. The minimum absolute atomic E-state index is 0.251. The molecule has 122 valence electrons. The van der Waals surface area contributed by atoms with Crippen molar-refractivity contribution in [1.82, 2.24) is 5.32 Å². The third kappa shape index (κ3) is 5.10. The number of carbonyl (C=O) groups excluding carboxylic acids is 2. The number of amides is 2. The maximum Gasteiger partial charge on any atom is 0.258 e. The fraction of sp³-hybridized carbons (Fsp3) is 0.118. The van der Waals surface area contributed by atoms with Gasteiger partial charge in [-0.1, -0.05) is 12.1 Å². The first-order valence-electron chi connectivity index (χ1n) is 7.02. The van der Waals surface area contributed by atoms with E-state index in [2.05, 4.69) is 10.6 Å². The Bertz CT molecular complexity index is 769. The number of rotatable bonds is 6. The lowest BCUT2D eigenvalue weighted by Gasteiger charge is -2.09. The van der Waals surface area contributed by atoms with Crippen LogP contribution in [0.25, 0.3) is 0 Å². The summed E-state index contributed by atoms with van der Waals surface area (Å²) in [6.45, 7) is -0.567. The van der Waals surface area contributed by atoms with Gasteiger partial charge >= 0.3 is 0 Å². The van der Waals surface area contributed by atoms with E-state index >= 15 is 0 Å².